The van der Waals surface area contributed by atoms with E-state index in [9.17, 15) is 0 Å². The van der Waals surface area contributed by atoms with Gasteiger partial charge in [0.1, 0.15) is 11.6 Å². The summed E-state index contributed by atoms with van der Waals surface area (Å²) in [6.07, 6.45) is 2.29. The largest absolute Gasteiger partial charge is 0.359 e. The van der Waals surface area contributed by atoms with Crippen molar-refractivity contribution in [2.24, 2.45) is 11.7 Å². The molecular weight excluding hydrogens is 224 g/mol. The summed E-state index contributed by atoms with van der Waals surface area (Å²) in [5.41, 5.74) is 6.87. The van der Waals surface area contributed by atoms with Crippen LogP contribution < -0.4 is 10.6 Å². The summed E-state index contributed by atoms with van der Waals surface area (Å²) in [6.45, 7) is 7.33. The van der Waals surface area contributed by atoms with Crippen molar-refractivity contribution in [3.8, 4) is 0 Å². The fourth-order valence-electron chi connectivity index (χ4n) is 2.45. The Morgan fingerprint density at radius 2 is 2.06 bits per heavy atom. The molecule has 1 heterocycles. The number of hydrogen-bond donors (Lipinski definition) is 1. The van der Waals surface area contributed by atoms with Gasteiger partial charge in [-0.15, -0.1) is 0 Å². The quantitative estimate of drug-likeness (QED) is 0.886. The van der Waals surface area contributed by atoms with Crippen molar-refractivity contribution in [2.75, 3.05) is 18.5 Å². The molecule has 0 spiro atoms. The molecule has 2 N–H and O–H groups in total. The zero-order valence-corrected chi connectivity index (χ0v) is 11.8. The van der Waals surface area contributed by atoms with E-state index < -0.39 is 0 Å². The van der Waals surface area contributed by atoms with Gasteiger partial charge in [-0.05, 0) is 25.7 Å². The van der Waals surface area contributed by atoms with E-state index in [1.165, 1.54) is 0 Å². The Morgan fingerprint density at radius 1 is 1.39 bits per heavy atom. The lowest BCUT2D eigenvalue weighted by atomic mass is 9.80. The van der Waals surface area contributed by atoms with Gasteiger partial charge >= 0.3 is 0 Å². The standard InChI is InChI=1S/C14H24N4/c1-9(2)14-16-10(3)5-13(17-14)18(4)8-11-6-12(15)7-11/h5,9,11-12H,6-8,15H2,1-4H3. The molecule has 0 amide bonds. The van der Waals surface area contributed by atoms with E-state index >= 15 is 0 Å². The van der Waals surface area contributed by atoms with Crippen LogP contribution >= 0.6 is 0 Å². The molecule has 18 heavy (non-hydrogen) atoms. The lowest BCUT2D eigenvalue weighted by Crippen LogP contribution is -2.42. The van der Waals surface area contributed by atoms with Gasteiger partial charge in [0.15, 0.2) is 0 Å². The maximum absolute atomic E-state index is 5.83. The summed E-state index contributed by atoms with van der Waals surface area (Å²) < 4.78 is 0. The number of aryl methyl sites for hydroxylation is 1. The third kappa shape index (κ3) is 2.99. The molecule has 1 saturated carbocycles. The van der Waals surface area contributed by atoms with Crippen LogP contribution in [-0.4, -0.2) is 29.6 Å². The number of aromatic nitrogens is 2. The van der Waals surface area contributed by atoms with Gasteiger partial charge in [-0.2, -0.15) is 0 Å². The van der Waals surface area contributed by atoms with Crippen molar-refractivity contribution in [1.82, 2.24) is 9.97 Å². The topological polar surface area (TPSA) is 55.0 Å². The van der Waals surface area contributed by atoms with Gasteiger partial charge in [-0.3, -0.25) is 0 Å². The van der Waals surface area contributed by atoms with Gasteiger partial charge in [0.05, 0.1) is 0 Å². The summed E-state index contributed by atoms with van der Waals surface area (Å²) in [5, 5.41) is 0. The molecule has 2 rings (SSSR count). The fraction of sp³-hybridized carbons (Fsp3) is 0.714. The van der Waals surface area contributed by atoms with Gasteiger partial charge in [-0.25, -0.2) is 9.97 Å². The van der Waals surface area contributed by atoms with Crippen LogP contribution in [0.25, 0.3) is 0 Å². The van der Waals surface area contributed by atoms with Gasteiger partial charge in [-0.1, -0.05) is 13.8 Å². The summed E-state index contributed by atoms with van der Waals surface area (Å²) in [6, 6.07) is 2.48. The smallest absolute Gasteiger partial charge is 0.133 e. The first-order valence-electron chi connectivity index (χ1n) is 6.78. The first-order chi connectivity index (χ1) is 8.45. The SMILES string of the molecule is Cc1cc(N(C)CC2CC(N)C2)nc(C(C)C)n1. The summed E-state index contributed by atoms with van der Waals surface area (Å²) in [7, 11) is 2.11. The van der Waals surface area contributed by atoms with E-state index in [1.54, 1.807) is 0 Å². The van der Waals surface area contributed by atoms with Crippen LogP contribution in [0.4, 0.5) is 5.82 Å². The lowest BCUT2D eigenvalue weighted by Gasteiger charge is -2.35. The van der Waals surface area contributed by atoms with Crippen LogP contribution in [0.5, 0.6) is 0 Å². The number of hydrogen-bond acceptors (Lipinski definition) is 4. The van der Waals surface area contributed by atoms with Crippen LogP contribution in [0, 0.1) is 12.8 Å². The molecule has 0 saturated heterocycles. The Morgan fingerprint density at radius 3 is 2.61 bits per heavy atom. The molecule has 4 heteroatoms. The van der Waals surface area contributed by atoms with Crippen molar-refractivity contribution in [3.05, 3.63) is 17.6 Å². The third-order valence-electron chi connectivity index (χ3n) is 3.57. The highest BCUT2D eigenvalue weighted by Crippen LogP contribution is 2.27. The fourth-order valence-corrected chi connectivity index (χ4v) is 2.45. The molecule has 1 aromatic rings. The molecule has 0 atom stereocenters. The van der Waals surface area contributed by atoms with Gasteiger partial charge in [0.25, 0.3) is 0 Å². The first-order valence-corrected chi connectivity index (χ1v) is 6.78. The molecule has 0 aromatic carbocycles. The minimum atomic E-state index is 0.370. The monoisotopic (exact) mass is 248 g/mol. The second-order valence-electron chi connectivity index (χ2n) is 5.86. The van der Waals surface area contributed by atoms with E-state index in [1.807, 2.05) is 6.92 Å². The van der Waals surface area contributed by atoms with Crippen LogP contribution in [0.1, 0.15) is 44.1 Å². The number of nitrogens with zero attached hydrogens (tertiary/aromatic N) is 3. The second-order valence-corrected chi connectivity index (χ2v) is 5.86. The predicted molar refractivity (Wildman–Crippen MR) is 74.8 cm³/mol. The van der Waals surface area contributed by atoms with E-state index in [-0.39, 0.29) is 0 Å². The zero-order valence-electron chi connectivity index (χ0n) is 11.8. The Kier molecular flexibility index (Phi) is 3.85. The van der Waals surface area contributed by atoms with Crippen molar-refractivity contribution in [3.63, 3.8) is 0 Å². The molecule has 1 aliphatic rings. The number of anilines is 1. The van der Waals surface area contributed by atoms with Gasteiger partial charge in [0.2, 0.25) is 0 Å². The molecule has 0 aliphatic heterocycles. The average Bonchev–Trinajstić information content (AvgIpc) is 2.26. The van der Waals surface area contributed by atoms with E-state index in [0.29, 0.717) is 12.0 Å². The summed E-state index contributed by atoms with van der Waals surface area (Å²) >= 11 is 0. The van der Waals surface area contributed by atoms with Crippen molar-refractivity contribution < 1.29 is 0 Å². The Bertz CT molecular complexity index is 410. The molecule has 0 radical (unpaired) electrons. The molecule has 100 valence electrons. The minimum absolute atomic E-state index is 0.370. The molecule has 1 aromatic heterocycles. The molecule has 4 nitrogen and oxygen atoms in total. The second kappa shape index (κ2) is 5.22. The van der Waals surface area contributed by atoms with Crippen LogP contribution in [0.15, 0.2) is 6.07 Å². The molecule has 0 bridgehead atoms. The van der Waals surface area contributed by atoms with Crippen molar-refractivity contribution in [2.45, 2.75) is 45.6 Å². The Labute approximate surface area is 110 Å². The Hall–Kier alpha value is -1.16. The van der Waals surface area contributed by atoms with Crippen LogP contribution in [0.3, 0.4) is 0 Å². The summed E-state index contributed by atoms with van der Waals surface area (Å²) in [4.78, 5) is 11.4. The van der Waals surface area contributed by atoms with E-state index in [0.717, 1.165) is 42.6 Å². The highest BCUT2D eigenvalue weighted by atomic mass is 15.2. The van der Waals surface area contributed by atoms with Crippen molar-refractivity contribution >= 4 is 5.82 Å². The molecule has 1 aliphatic carbocycles. The summed E-state index contributed by atoms with van der Waals surface area (Å²) in [5.74, 6) is 3.06. The number of nitrogens with two attached hydrogens (primary N) is 1. The average molecular weight is 248 g/mol. The predicted octanol–water partition coefficient (Wildman–Crippen LogP) is 2.08. The highest BCUT2D eigenvalue weighted by Gasteiger charge is 2.27. The minimum Gasteiger partial charge on any atom is -0.359 e. The molecular formula is C14H24N4. The van der Waals surface area contributed by atoms with Crippen molar-refractivity contribution in [1.29, 1.82) is 0 Å². The van der Waals surface area contributed by atoms with Crippen LogP contribution in [-0.2, 0) is 0 Å². The van der Waals surface area contributed by atoms with Crippen LogP contribution in [0.2, 0.25) is 0 Å². The van der Waals surface area contributed by atoms with E-state index in [4.69, 9.17) is 5.73 Å². The zero-order chi connectivity index (χ0) is 13.3. The first kappa shape index (κ1) is 13.3. The lowest BCUT2D eigenvalue weighted by molar-refractivity contribution is 0.270. The number of rotatable bonds is 4. The van der Waals surface area contributed by atoms with E-state index in [2.05, 4.69) is 41.8 Å². The maximum atomic E-state index is 5.83. The third-order valence-corrected chi connectivity index (χ3v) is 3.57. The molecule has 0 unspecified atom stereocenters. The Balaban J connectivity index is 2.07. The normalized spacial score (nSPS) is 23.0. The van der Waals surface area contributed by atoms with Gasteiger partial charge in [0, 0.05) is 37.3 Å². The highest BCUT2D eigenvalue weighted by molar-refractivity contribution is 5.39. The molecule has 1 fully saturated rings. The maximum Gasteiger partial charge on any atom is 0.133 e. The van der Waals surface area contributed by atoms with Gasteiger partial charge < -0.3 is 10.6 Å².